The van der Waals surface area contributed by atoms with Crippen molar-refractivity contribution < 1.29 is 14.4 Å². The van der Waals surface area contributed by atoms with Crippen LogP contribution in [0.25, 0.3) is 10.9 Å². The van der Waals surface area contributed by atoms with Gasteiger partial charge in [-0.1, -0.05) is 11.6 Å². The van der Waals surface area contributed by atoms with E-state index in [2.05, 4.69) is 10.3 Å². The monoisotopic (exact) mass is 331 g/mol. The van der Waals surface area contributed by atoms with Gasteiger partial charge in [0, 0.05) is 37.4 Å². The van der Waals surface area contributed by atoms with Gasteiger partial charge in [0.2, 0.25) is 17.7 Å². The Balaban J connectivity index is 1.70. The van der Waals surface area contributed by atoms with E-state index in [-0.39, 0.29) is 43.5 Å². The summed E-state index contributed by atoms with van der Waals surface area (Å²) in [5.74, 6) is -0.710. The molecule has 1 aromatic heterocycles. The van der Waals surface area contributed by atoms with Crippen LogP contribution in [0.2, 0.25) is 5.02 Å². The zero-order valence-electron chi connectivity index (χ0n) is 12.2. The summed E-state index contributed by atoms with van der Waals surface area (Å²) < 4.78 is 0. The quantitative estimate of drug-likeness (QED) is 0.872. The van der Waals surface area contributed by atoms with Crippen molar-refractivity contribution in [2.75, 3.05) is 11.9 Å². The second-order valence-electron chi connectivity index (χ2n) is 5.23. The van der Waals surface area contributed by atoms with Crippen molar-refractivity contribution in [1.82, 2.24) is 9.88 Å². The summed E-state index contributed by atoms with van der Waals surface area (Å²) in [7, 11) is 0. The van der Waals surface area contributed by atoms with Crippen molar-refractivity contribution in [3.8, 4) is 0 Å². The number of imide groups is 1. The molecule has 1 saturated heterocycles. The predicted molar refractivity (Wildman–Crippen MR) is 86.0 cm³/mol. The van der Waals surface area contributed by atoms with Gasteiger partial charge in [-0.3, -0.25) is 24.3 Å². The van der Waals surface area contributed by atoms with Crippen LogP contribution < -0.4 is 5.32 Å². The molecule has 118 valence electrons. The number of anilines is 1. The molecule has 3 rings (SSSR count). The number of likely N-dealkylation sites (tertiary alicyclic amines) is 1. The lowest BCUT2D eigenvalue weighted by molar-refractivity contribution is -0.138. The number of pyridine rings is 1. The summed E-state index contributed by atoms with van der Waals surface area (Å²) >= 11 is 6.09. The molecule has 2 aromatic rings. The number of nitrogens with zero attached hydrogens (tertiary/aromatic N) is 2. The summed E-state index contributed by atoms with van der Waals surface area (Å²) in [5.41, 5.74) is 1.21. The van der Waals surface area contributed by atoms with Crippen LogP contribution >= 0.6 is 11.6 Å². The smallest absolute Gasteiger partial charge is 0.229 e. The summed E-state index contributed by atoms with van der Waals surface area (Å²) in [6.45, 7) is 0.104. The minimum Gasteiger partial charge on any atom is -0.325 e. The zero-order valence-corrected chi connectivity index (χ0v) is 13.0. The highest BCUT2D eigenvalue weighted by Crippen LogP contribution is 2.28. The van der Waals surface area contributed by atoms with Crippen molar-refractivity contribution in [1.29, 1.82) is 0 Å². The molecule has 1 aliphatic heterocycles. The summed E-state index contributed by atoms with van der Waals surface area (Å²) in [6.07, 6.45) is 2.15. The van der Waals surface area contributed by atoms with E-state index in [9.17, 15) is 14.4 Å². The minimum absolute atomic E-state index is 0.0574. The number of hydrogen-bond acceptors (Lipinski definition) is 4. The maximum atomic E-state index is 12.1. The van der Waals surface area contributed by atoms with Crippen molar-refractivity contribution in [3.63, 3.8) is 0 Å². The van der Waals surface area contributed by atoms with E-state index in [1.165, 1.54) is 0 Å². The maximum Gasteiger partial charge on any atom is 0.229 e. The molecule has 0 aliphatic carbocycles. The van der Waals surface area contributed by atoms with E-state index in [1.54, 1.807) is 24.4 Å². The van der Waals surface area contributed by atoms with Crippen molar-refractivity contribution in [2.24, 2.45) is 0 Å². The number of benzene rings is 1. The van der Waals surface area contributed by atoms with E-state index in [4.69, 9.17) is 11.6 Å². The van der Waals surface area contributed by atoms with Crippen LogP contribution in [0.5, 0.6) is 0 Å². The van der Waals surface area contributed by atoms with Gasteiger partial charge in [0.15, 0.2) is 0 Å². The number of carbonyl (C=O) groups is 3. The van der Waals surface area contributed by atoms with Gasteiger partial charge >= 0.3 is 0 Å². The van der Waals surface area contributed by atoms with E-state index >= 15 is 0 Å². The highest BCUT2D eigenvalue weighted by Gasteiger charge is 2.28. The Bertz CT molecular complexity index is 790. The first kappa shape index (κ1) is 15.4. The molecule has 2 heterocycles. The number of amides is 3. The van der Waals surface area contributed by atoms with Crippen LogP contribution in [-0.4, -0.2) is 34.2 Å². The first-order valence-corrected chi connectivity index (χ1v) is 7.60. The number of nitrogens with one attached hydrogen (secondary N) is 1. The lowest BCUT2D eigenvalue weighted by Gasteiger charge is -2.14. The van der Waals surface area contributed by atoms with Gasteiger partial charge in [-0.25, -0.2) is 0 Å². The van der Waals surface area contributed by atoms with Gasteiger partial charge in [0.25, 0.3) is 0 Å². The van der Waals surface area contributed by atoms with E-state index < -0.39 is 0 Å². The molecule has 1 N–H and O–H groups in total. The highest BCUT2D eigenvalue weighted by molar-refractivity contribution is 6.35. The Labute approximate surface area is 137 Å². The number of rotatable bonds is 4. The molecule has 0 saturated carbocycles. The summed E-state index contributed by atoms with van der Waals surface area (Å²) in [6, 6.07) is 6.95. The average Bonchev–Trinajstić information content (AvgIpc) is 2.87. The number of carbonyl (C=O) groups excluding carboxylic acids is 3. The molecular weight excluding hydrogens is 318 g/mol. The second kappa shape index (κ2) is 6.34. The molecular formula is C16H14ClN3O3. The predicted octanol–water partition coefficient (Wildman–Crippen LogP) is 2.37. The molecule has 6 nitrogen and oxygen atoms in total. The molecule has 0 radical (unpaired) electrons. The van der Waals surface area contributed by atoms with Crippen LogP contribution in [0, 0.1) is 0 Å². The van der Waals surface area contributed by atoms with Crippen molar-refractivity contribution in [3.05, 3.63) is 35.5 Å². The summed E-state index contributed by atoms with van der Waals surface area (Å²) in [4.78, 5) is 40.5. The number of fused-ring (bicyclic) bond motifs is 1. The van der Waals surface area contributed by atoms with Crippen LogP contribution in [0.1, 0.15) is 19.3 Å². The molecule has 1 aromatic carbocycles. The van der Waals surface area contributed by atoms with Gasteiger partial charge in [-0.15, -0.1) is 0 Å². The maximum absolute atomic E-state index is 12.1. The molecule has 0 atom stereocenters. The van der Waals surface area contributed by atoms with Gasteiger partial charge in [-0.05, 0) is 24.3 Å². The summed E-state index contributed by atoms with van der Waals surface area (Å²) in [5, 5.41) is 4.02. The fourth-order valence-electron chi connectivity index (χ4n) is 2.55. The van der Waals surface area contributed by atoms with Gasteiger partial charge in [0.05, 0.1) is 16.2 Å². The highest BCUT2D eigenvalue weighted by atomic mass is 35.5. The third-order valence-corrected chi connectivity index (χ3v) is 4.02. The standard InChI is InChI=1S/C16H14ClN3O3/c17-11-3-4-12(10-2-1-8-18-16(10)11)19-13(21)7-9-20-14(22)5-6-15(20)23/h1-4,8H,5-7,9H2,(H,19,21). The number of hydrogen-bond donors (Lipinski definition) is 1. The average molecular weight is 332 g/mol. The lowest BCUT2D eigenvalue weighted by atomic mass is 10.1. The van der Waals surface area contributed by atoms with Crippen molar-refractivity contribution in [2.45, 2.75) is 19.3 Å². The zero-order chi connectivity index (χ0) is 16.4. The van der Waals surface area contributed by atoms with E-state index in [0.717, 1.165) is 10.3 Å². The third-order valence-electron chi connectivity index (χ3n) is 3.71. The Morgan fingerprint density at radius 3 is 2.70 bits per heavy atom. The molecule has 3 amide bonds. The van der Waals surface area contributed by atoms with Crippen LogP contribution in [0.4, 0.5) is 5.69 Å². The fraction of sp³-hybridized carbons (Fsp3) is 0.250. The molecule has 23 heavy (non-hydrogen) atoms. The van der Waals surface area contributed by atoms with Crippen LogP contribution in [0.15, 0.2) is 30.5 Å². The lowest BCUT2D eigenvalue weighted by Crippen LogP contribution is -2.32. The Hall–Kier alpha value is -2.47. The van der Waals surface area contributed by atoms with Gasteiger partial charge < -0.3 is 5.32 Å². The second-order valence-corrected chi connectivity index (χ2v) is 5.64. The molecule has 0 unspecified atom stereocenters. The number of halogens is 1. The Kier molecular flexibility index (Phi) is 4.25. The SMILES string of the molecule is O=C(CCN1C(=O)CCC1=O)Nc1ccc(Cl)c2ncccc12. The van der Waals surface area contributed by atoms with Gasteiger partial charge in [-0.2, -0.15) is 0 Å². The largest absolute Gasteiger partial charge is 0.325 e. The topological polar surface area (TPSA) is 79.4 Å². The van der Waals surface area contributed by atoms with Crippen LogP contribution in [-0.2, 0) is 14.4 Å². The molecule has 0 spiro atoms. The normalized spacial score (nSPS) is 14.6. The third kappa shape index (κ3) is 3.17. The molecule has 1 fully saturated rings. The molecule has 1 aliphatic rings. The minimum atomic E-state index is -0.273. The van der Waals surface area contributed by atoms with E-state index in [0.29, 0.717) is 16.2 Å². The first-order valence-electron chi connectivity index (χ1n) is 7.22. The first-order chi connectivity index (χ1) is 11.1. The molecule has 7 heteroatoms. The Morgan fingerprint density at radius 2 is 1.96 bits per heavy atom. The van der Waals surface area contributed by atoms with Gasteiger partial charge in [0.1, 0.15) is 0 Å². The number of aromatic nitrogens is 1. The van der Waals surface area contributed by atoms with Crippen molar-refractivity contribution >= 4 is 45.9 Å². The van der Waals surface area contributed by atoms with Crippen LogP contribution in [0.3, 0.4) is 0 Å². The van der Waals surface area contributed by atoms with E-state index in [1.807, 2.05) is 6.07 Å². The Morgan fingerprint density at radius 1 is 1.22 bits per heavy atom. The molecule has 0 bridgehead atoms. The fourth-order valence-corrected chi connectivity index (χ4v) is 2.76.